The van der Waals surface area contributed by atoms with Gasteiger partial charge in [-0.3, -0.25) is 9.59 Å². The van der Waals surface area contributed by atoms with Crippen LogP contribution in [0.15, 0.2) is 11.0 Å². The monoisotopic (exact) mass is 371 g/mol. The van der Waals surface area contributed by atoms with Crippen molar-refractivity contribution in [2.45, 2.75) is 81.8 Å². The third-order valence-electron chi connectivity index (χ3n) is 7.63. The van der Waals surface area contributed by atoms with Gasteiger partial charge in [0.25, 0.3) is 11.5 Å². The predicted molar refractivity (Wildman–Crippen MR) is 100 cm³/mol. The van der Waals surface area contributed by atoms with Crippen LogP contribution in [0.1, 0.15) is 80.4 Å². The van der Waals surface area contributed by atoms with Gasteiger partial charge in [-0.2, -0.15) is 0 Å². The van der Waals surface area contributed by atoms with Gasteiger partial charge in [-0.15, -0.1) is 0 Å². The van der Waals surface area contributed by atoms with Gasteiger partial charge in [-0.05, 0) is 69.1 Å². The van der Waals surface area contributed by atoms with Gasteiger partial charge < -0.3 is 15.4 Å². The molecule has 3 N–H and O–H groups in total. The molecular weight excluding hydrogens is 342 g/mol. The van der Waals surface area contributed by atoms with E-state index in [9.17, 15) is 14.7 Å². The number of carbonyl (C=O) groups excluding carboxylic acids is 1. The smallest absolute Gasteiger partial charge is 0.263 e. The number of aliphatic hydroxyl groups excluding tert-OH is 1. The summed E-state index contributed by atoms with van der Waals surface area (Å²) in [4.78, 5) is 32.8. The van der Waals surface area contributed by atoms with Gasteiger partial charge in [-0.1, -0.05) is 12.8 Å². The zero-order chi connectivity index (χ0) is 18.6. The quantitative estimate of drug-likeness (QED) is 0.760. The predicted octanol–water partition coefficient (Wildman–Crippen LogP) is 2.27. The highest BCUT2D eigenvalue weighted by molar-refractivity contribution is 5.93. The van der Waals surface area contributed by atoms with Gasteiger partial charge in [-0.25, -0.2) is 4.98 Å². The molecule has 0 spiro atoms. The van der Waals surface area contributed by atoms with Gasteiger partial charge in [0, 0.05) is 11.6 Å². The van der Waals surface area contributed by atoms with E-state index in [0.29, 0.717) is 6.42 Å². The van der Waals surface area contributed by atoms with Gasteiger partial charge in [0.15, 0.2) is 0 Å². The second-order valence-electron chi connectivity index (χ2n) is 9.60. The molecule has 2 atom stereocenters. The molecule has 4 bridgehead atoms. The first-order valence-corrected chi connectivity index (χ1v) is 10.6. The first-order valence-electron chi connectivity index (χ1n) is 10.6. The molecule has 0 aromatic carbocycles. The minimum absolute atomic E-state index is 0.0163. The zero-order valence-corrected chi connectivity index (χ0v) is 15.7. The van der Waals surface area contributed by atoms with Crippen LogP contribution >= 0.6 is 0 Å². The highest BCUT2D eigenvalue weighted by Gasteiger charge is 2.53. The molecule has 1 amide bonds. The van der Waals surface area contributed by atoms with Gasteiger partial charge in [0.2, 0.25) is 0 Å². The molecule has 0 radical (unpaired) electrons. The molecule has 146 valence electrons. The first kappa shape index (κ1) is 17.4. The van der Waals surface area contributed by atoms with E-state index in [0.717, 1.165) is 62.1 Å². The number of carbonyl (C=O) groups is 1. The molecule has 0 aliphatic heterocycles. The Morgan fingerprint density at radius 1 is 1.11 bits per heavy atom. The van der Waals surface area contributed by atoms with Crippen molar-refractivity contribution in [2.24, 2.45) is 17.8 Å². The summed E-state index contributed by atoms with van der Waals surface area (Å²) >= 11 is 0. The molecule has 5 fully saturated rings. The summed E-state index contributed by atoms with van der Waals surface area (Å²) in [5, 5.41) is 12.9. The van der Waals surface area contributed by atoms with E-state index in [2.05, 4.69) is 15.3 Å². The fraction of sp³-hybridized carbons (Fsp3) is 0.762. The minimum atomic E-state index is -0.527. The van der Waals surface area contributed by atoms with Crippen molar-refractivity contribution in [3.8, 4) is 0 Å². The summed E-state index contributed by atoms with van der Waals surface area (Å²) < 4.78 is 0. The van der Waals surface area contributed by atoms with Crippen LogP contribution in [-0.2, 0) is 5.41 Å². The summed E-state index contributed by atoms with van der Waals surface area (Å²) in [7, 11) is 0. The molecule has 5 aliphatic rings. The Balaban J connectivity index is 1.36. The Labute approximate surface area is 159 Å². The number of hydrogen-bond acceptors (Lipinski definition) is 4. The van der Waals surface area contributed by atoms with Crippen LogP contribution in [-0.4, -0.2) is 33.1 Å². The van der Waals surface area contributed by atoms with Crippen molar-refractivity contribution in [2.75, 3.05) is 0 Å². The number of aromatic amines is 1. The largest absolute Gasteiger partial charge is 0.391 e. The Bertz CT molecular complexity index is 767. The van der Waals surface area contributed by atoms with Crippen LogP contribution in [0.2, 0.25) is 0 Å². The molecule has 5 aliphatic carbocycles. The number of aromatic nitrogens is 2. The topological polar surface area (TPSA) is 95.1 Å². The van der Waals surface area contributed by atoms with E-state index in [4.69, 9.17) is 0 Å². The Hall–Kier alpha value is -1.69. The summed E-state index contributed by atoms with van der Waals surface area (Å²) in [6.45, 7) is 0. The lowest BCUT2D eigenvalue weighted by atomic mass is 9.49. The fourth-order valence-electron chi connectivity index (χ4n) is 6.75. The molecule has 27 heavy (non-hydrogen) atoms. The lowest BCUT2D eigenvalue weighted by molar-refractivity contribution is -0.00954. The maximum absolute atomic E-state index is 12.7. The number of nitrogens with zero attached hydrogens (tertiary/aromatic N) is 1. The SMILES string of the molecule is O=C(NC1CCCCC1O)c1cnc(C23CC4CC(CC(C4)C2)C3)[nH]c1=O. The number of aliphatic hydroxyl groups is 1. The molecule has 1 aromatic heterocycles. The van der Waals surface area contributed by atoms with Crippen molar-refractivity contribution in [1.29, 1.82) is 0 Å². The fourth-order valence-corrected chi connectivity index (χ4v) is 6.75. The highest BCUT2D eigenvalue weighted by atomic mass is 16.3. The van der Waals surface area contributed by atoms with E-state index >= 15 is 0 Å². The Morgan fingerprint density at radius 2 is 1.74 bits per heavy atom. The van der Waals surface area contributed by atoms with Crippen molar-refractivity contribution < 1.29 is 9.90 Å². The lowest BCUT2D eigenvalue weighted by Crippen LogP contribution is -2.50. The third-order valence-corrected chi connectivity index (χ3v) is 7.63. The van der Waals surface area contributed by atoms with Crippen molar-refractivity contribution in [3.63, 3.8) is 0 Å². The van der Waals surface area contributed by atoms with Crippen molar-refractivity contribution >= 4 is 5.91 Å². The van der Waals surface area contributed by atoms with Gasteiger partial charge in [0.1, 0.15) is 11.4 Å². The van der Waals surface area contributed by atoms with Crippen LogP contribution < -0.4 is 10.9 Å². The summed E-state index contributed by atoms with van der Waals surface area (Å²) in [6, 6.07) is -0.270. The molecule has 6 heteroatoms. The second kappa shape index (κ2) is 6.43. The summed E-state index contributed by atoms with van der Waals surface area (Å²) in [6.07, 6.45) is 11.8. The highest BCUT2D eigenvalue weighted by Crippen LogP contribution is 2.59. The standard InChI is InChI=1S/C21H29N3O3/c25-17-4-2-1-3-16(17)23-18(26)15-11-22-20(24-19(15)27)21-8-12-5-13(9-21)7-14(6-12)10-21/h11-14,16-17,25H,1-10H2,(H,23,26)(H,22,24,27). The molecule has 2 unspecified atom stereocenters. The number of amides is 1. The van der Waals surface area contributed by atoms with E-state index in [1.807, 2.05) is 0 Å². The molecule has 6 nitrogen and oxygen atoms in total. The van der Waals surface area contributed by atoms with Gasteiger partial charge in [0.05, 0.1) is 12.1 Å². The number of hydrogen-bond donors (Lipinski definition) is 3. The Kier molecular flexibility index (Phi) is 4.15. The van der Waals surface area contributed by atoms with E-state index in [1.165, 1.54) is 25.5 Å². The maximum atomic E-state index is 12.7. The molecular formula is C21H29N3O3. The van der Waals surface area contributed by atoms with Crippen molar-refractivity contribution in [3.05, 3.63) is 27.9 Å². The van der Waals surface area contributed by atoms with E-state index in [1.54, 1.807) is 0 Å². The zero-order valence-electron chi connectivity index (χ0n) is 15.7. The summed E-state index contributed by atoms with van der Waals surface area (Å²) in [5.74, 6) is 2.69. The number of nitrogens with one attached hydrogen (secondary N) is 2. The van der Waals surface area contributed by atoms with E-state index in [-0.39, 0.29) is 22.6 Å². The molecule has 1 aromatic rings. The average molecular weight is 371 g/mol. The van der Waals surface area contributed by atoms with Crippen LogP contribution in [0.4, 0.5) is 0 Å². The molecule has 1 heterocycles. The normalized spacial score (nSPS) is 40.1. The maximum Gasteiger partial charge on any atom is 0.263 e. The van der Waals surface area contributed by atoms with Crippen LogP contribution in [0.3, 0.4) is 0 Å². The second-order valence-corrected chi connectivity index (χ2v) is 9.60. The van der Waals surface area contributed by atoms with Crippen LogP contribution in [0.5, 0.6) is 0 Å². The molecule has 6 rings (SSSR count). The lowest BCUT2D eigenvalue weighted by Gasteiger charge is -2.56. The number of rotatable bonds is 3. The summed E-state index contributed by atoms with van der Waals surface area (Å²) in [5.41, 5.74) is -0.276. The first-order chi connectivity index (χ1) is 13.0. The number of H-pyrrole nitrogens is 1. The third kappa shape index (κ3) is 3.02. The van der Waals surface area contributed by atoms with Crippen LogP contribution in [0, 0.1) is 17.8 Å². The molecule has 0 saturated heterocycles. The average Bonchev–Trinajstić information content (AvgIpc) is 2.62. The minimum Gasteiger partial charge on any atom is -0.391 e. The van der Waals surface area contributed by atoms with Gasteiger partial charge >= 0.3 is 0 Å². The van der Waals surface area contributed by atoms with Crippen LogP contribution in [0.25, 0.3) is 0 Å². The van der Waals surface area contributed by atoms with E-state index < -0.39 is 12.0 Å². The Morgan fingerprint density at radius 3 is 2.33 bits per heavy atom. The van der Waals surface area contributed by atoms with Crippen molar-refractivity contribution in [1.82, 2.24) is 15.3 Å². The molecule has 5 saturated carbocycles.